The van der Waals surface area contributed by atoms with Crippen LogP contribution in [0, 0.1) is 0 Å². The van der Waals surface area contributed by atoms with E-state index in [2.05, 4.69) is 19.2 Å². The molecule has 0 aromatic carbocycles. The molecule has 0 aromatic rings. The number of carbonyl (C=O) groups is 2. The van der Waals surface area contributed by atoms with Crippen molar-refractivity contribution in [3.63, 3.8) is 0 Å². The van der Waals surface area contributed by atoms with E-state index < -0.39 is 12.1 Å². The molecule has 0 aliphatic carbocycles. The van der Waals surface area contributed by atoms with Crippen LogP contribution in [0.4, 0.5) is 0 Å². The van der Waals surface area contributed by atoms with Gasteiger partial charge in [-0.3, -0.25) is 9.59 Å². The molecule has 67 heavy (non-hydrogen) atoms. The van der Waals surface area contributed by atoms with E-state index in [1.165, 1.54) is 276 Å². The summed E-state index contributed by atoms with van der Waals surface area (Å²) in [6, 6.07) is -0.623. The summed E-state index contributed by atoms with van der Waals surface area (Å²) in [5.41, 5.74) is 0. The van der Waals surface area contributed by atoms with Gasteiger partial charge >= 0.3 is 5.97 Å². The molecule has 0 rings (SSSR count). The largest absolute Gasteiger partial charge is 0.466 e. The van der Waals surface area contributed by atoms with Gasteiger partial charge in [-0.1, -0.05) is 309 Å². The fourth-order valence-electron chi connectivity index (χ4n) is 9.64. The minimum absolute atomic E-state index is 0.0187. The maximum Gasteiger partial charge on any atom is 0.305 e. The first-order valence-electron chi connectivity index (χ1n) is 30.5. The quantitative estimate of drug-likeness (QED) is 0.0321. The number of rotatable bonds is 57. The second kappa shape index (κ2) is 57.2. The van der Waals surface area contributed by atoms with Crippen LogP contribution in [0.3, 0.4) is 0 Å². The Labute approximate surface area is 419 Å². The maximum atomic E-state index is 12.4. The SMILES string of the molecule is CCCCCCCCCCC/C=C/C(O)C(CO)NC(=O)CCCCCCCCCCCCCCCCCCCCCCCCCCCCOC(=O)CCCCCCCCCCCCCCC. The number of nitrogens with one attached hydrogen (secondary N) is 1. The molecule has 0 aliphatic heterocycles. The van der Waals surface area contributed by atoms with E-state index in [4.69, 9.17) is 4.74 Å². The van der Waals surface area contributed by atoms with Crippen LogP contribution >= 0.6 is 0 Å². The third-order valence-electron chi connectivity index (χ3n) is 14.3. The molecule has 6 heteroatoms. The van der Waals surface area contributed by atoms with Crippen molar-refractivity contribution in [2.75, 3.05) is 13.2 Å². The molecule has 0 saturated carbocycles. The van der Waals surface area contributed by atoms with Gasteiger partial charge in [-0.05, 0) is 32.1 Å². The zero-order chi connectivity index (χ0) is 48.6. The summed E-state index contributed by atoms with van der Waals surface area (Å²) >= 11 is 0. The van der Waals surface area contributed by atoms with Crippen LogP contribution in [0.2, 0.25) is 0 Å². The molecule has 0 bridgehead atoms. The van der Waals surface area contributed by atoms with Gasteiger partial charge in [0.15, 0.2) is 0 Å². The number of ether oxygens (including phenoxy) is 1. The zero-order valence-corrected chi connectivity index (χ0v) is 45.4. The lowest BCUT2D eigenvalue weighted by atomic mass is 10.0. The summed E-state index contributed by atoms with van der Waals surface area (Å²) in [6.45, 7) is 4.91. The van der Waals surface area contributed by atoms with Gasteiger partial charge in [0.05, 0.1) is 25.4 Å². The summed E-state index contributed by atoms with van der Waals surface area (Å²) in [6.07, 6.45) is 68.3. The molecule has 0 aliphatic rings. The molecule has 398 valence electrons. The normalized spacial score (nSPS) is 12.6. The number of esters is 1. The average molecular weight is 947 g/mol. The standard InChI is InChI=1S/C61H119NO5/c1-3-5-7-9-11-13-15-30-35-39-43-47-51-55-61(66)67-56-52-48-44-40-36-32-29-27-25-23-21-19-17-16-18-20-22-24-26-28-31-34-38-42-46-50-54-60(65)62-58(57-63)59(64)53-49-45-41-37-33-14-12-10-8-6-4-2/h49,53,58-59,63-64H,3-48,50-52,54-57H2,1-2H3,(H,62,65)/b53-49+. The highest BCUT2D eigenvalue weighted by atomic mass is 16.5. The van der Waals surface area contributed by atoms with Crippen LogP contribution in [0.15, 0.2) is 12.2 Å². The number of hydrogen-bond acceptors (Lipinski definition) is 5. The van der Waals surface area contributed by atoms with Crippen molar-refractivity contribution < 1.29 is 24.5 Å². The summed E-state index contributed by atoms with van der Waals surface area (Å²) in [5.74, 6) is -0.0468. The molecular weight excluding hydrogens is 827 g/mol. The average Bonchev–Trinajstić information content (AvgIpc) is 3.33. The maximum absolute atomic E-state index is 12.4. The molecule has 0 fully saturated rings. The van der Waals surface area contributed by atoms with Crippen molar-refractivity contribution >= 4 is 11.9 Å². The summed E-state index contributed by atoms with van der Waals surface area (Å²) in [7, 11) is 0. The van der Waals surface area contributed by atoms with Crippen molar-refractivity contribution in [3.8, 4) is 0 Å². The Morgan fingerprint density at radius 1 is 0.403 bits per heavy atom. The van der Waals surface area contributed by atoms with Crippen LogP contribution in [-0.4, -0.2) is 47.4 Å². The first kappa shape index (κ1) is 65.6. The Morgan fingerprint density at radius 3 is 1.01 bits per heavy atom. The highest BCUT2D eigenvalue weighted by Crippen LogP contribution is 2.18. The number of unbranched alkanes of at least 4 members (excludes halogenated alkanes) is 46. The van der Waals surface area contributed by atoms with Crippen LogP contribution < -0.4 is 5.32 Å². The molecule has 0 aromatic heterocycles. The second-order valence-electron chi connectivity index (χ2n) is 21.0. The van der Waals surface area contributed by atoms with Gasteiger partial charge in [0, 0.05) is 12.8 Å². The molecule has 6 nitrogen and oxygen atoms in total. The third-order valence-corrected chi connectivity index (χ3v) is 14.3. The lowest BCUT2D eigenvalue weighted by Gasteiger charge is -2.20. The van der Waals surface area contributed by atoms with Crippen LogP contribution in [0.1, 0.15) is 341 Å². The van der Waals surface area contributed by atoms with Crippen LogP contribution in [-0.2, 0) is 14.3 Å². The van der Waals surface area contributed by atoms with Gasteiger partial charge in [0.1, 0.15) is 0 Å². The monoisotopic (exact) mass is 946 g/mol. The van der Waals surface area contributed by atoms with Crippen molar-refractivity contribution in [3.05, 3.63) is 12.2 Å². The van der Waals surface area contributed by atoms with Crippen molar-refractivity contribution in [2.24, 2.45) is 0 Å². The lowest BCUT2D eigenvalue weighted by Crippen LogP contribution is -2.45. The Kier molecular flexibility index (Phi) is 56.0. The second-order valence-corrected chi connectivity index (χ2v) is 21.0. The molecule has 0 heterocycles. The van der Waals surface area contributed by atoms with Crippen LogP contribution in [0.25, 0.3) is 0 Å². The number of hydrogen-bond donors (Lipinski definition) is 3. The number of carbonyl (C=O) groups excluding carboxylic acids is 2. The number of aliphatic hydroxyl groups excluding tert-OH is 2. The number of allylic oxidation sites excluding steroid dienone is 1. The number of aliphatic hydroxyl groups is 2. The molecule has 2 unspecified atom stereocenters. The van der Waals surface area contributed by atoms with E-state index in [-0.39, 0.29) is 18.5 Å². The molecule has 1 amide bonds. The van der Waals surface area contributed by atoms with E-state index in [0.717, 1.165) is 38.5 Å². The third kappa shape index (κ3) is 53.8. The Hall–Kier alpha value is -1.40. The van der Waals surface area contributed by atoms with Crippen molar-refractivity contribution in [1.29, 1.82) is 0 Å². The highest BCUT2D eigenvalue weighted by molar-refractivity contribution is 5.76. The predicted octanol–water partition coefficient (Wildman–Crippen LogP) is 18.9. The van der Waals surface area contributed by atoms with E-state index in [1.54, 1.807) is 6.08 Å². The Bertz CT molecular complexity index is 1000. The molecule has 2 atom stereocenters. The van der Waals surface area contributed by atoms with Crippen molar-refractivity contribution in [2.45, 2.75) is 353 Å². The van der Waals surface area contributed by atoms with Gasteiger partial charge in [-0.2, -0.15) is 0 Å². The molecule has 0 saturated heterocycles. The fourth-order valence-corrected chi connectivity index (χ4v) is 9.64. The summed E-state index contributed by atoms with van der Waals surface area (Å²) in [4.78, 5) is 24.4. The predicted molar refractivity (Wildman–Crippen MR) is 292 cm³/mol. The van der Waals surface area contributed by atoms with Gasteiger partial charge in [0.25, 0.3) is 0 Å². The van der Waals surface area contributed by atoms with E-state index in [0.29, 0.717) is 19.4 Å². The molecule has 0 spiro atoms. The van der Waals surface area contributed by atoms with Crippen LogP contribution in [0.5, 0.6) is 0 Å². The minimum atomic E-state index is -0.840. The summed E-state index contributed by atoms with van der Waals surface area (Å²) < 4.78 is 5.48. The minimum Gasteiger partial charge on any atom is -0.466 e. The fraction of sp³-hybridized carbons (Fsp3) is 0.934. The first-order chi connectivity index (χ1) is 33.0. The van der Waals surface area contributed by atoms with E-state index in [1.807, 2.05) is 6.08 Å². The summed E-state index contributed by atoms with van der Waals surface area (Å²) in [5, 5.41) is 23.0. The Balaban J connectivity index is 3.34. The zero-order valence-electron chi connectivity index (χ0n) is 45.4. The van der Waals surface area contributed by atoms with Gasteiger partial charge in [-0.15, -0.1) is 0 Å². The molecular formula is C61H119NO5. The Morgan fingerprint density at radius 2 is 0.687 bits per heavy atom. The van der Waals surface area contributed by atoms with Gasteiger partial charge < -0.3 is 20.3 Å². The van der Waals surface area contributed by atoms with E-state index >= 15 is 0 Å². The smallest absolute Gasteiger partial charge is 0.305 e. The van der Waals surface area contributed by atoms with Gasteiger partial charge in [0.2, 0.25) is 5.91 Å². The first-order valence-corrected chi connectivity index (χ1v) is 30.5. The van der Waals surface area contributed by atoms with E-state index in [9.17, 15) is 19.8 Å². The van der Waals surface area contributed by atoms with Gasteiger partial charge in [-0.25, -0.2) is 0 Å². The molecule has 0 radical (unpaired) electrons. The van der Waals surface area contributed by atoms with Crippen molar-refractivity contribution in [1.82, 2.24) is 5.32 Å². The number of amides is 1. The highest BCUT2D eigenvalue weighted by Gasteiger charge is 2.18. The molecule has 3 N–H and O–H groups in total. The lowest BCUT2D eigenvalue weighted by molar-refractivity contribution is -0.143. The topological polar surface area (TPSA) is 95.9 Å².